The summed E-state index contributed by atoms with van der Waals surface area (Å²) >= 11 is 4.00. The van der Waals surface area contributed by atoms with Crippen molar-refractivity contribution in [2.24, 2.45) is 0 Å². The highest BCUT2D eigenvalue weighted by Crippen LogP contribution is 2.14. The molecule has 0 aromatic heterocycles. The third-order valence-electron chi connectivity index (χ3n) is 3.80. The zero-order valence-electron chi connectivity index (χ0n) is 15.4. The Labute approximate surface area is 175 Å². The molecule has 0 saturated heterocycles. The molecule has 0 aliphatic carbocycles. The minimum Gasteiger partial charge on any atom is -0.459 e. The predicted molar refractivity (Wildman–Crippen MR) is 107 cm³/mol. The number of esters is 1. The molecule has 0 fully saturated rings. The Morgan fingerprint density at radius 3 is 1.70 bits per heavy atom. The van der Waals surface area contributed by atoms with Crippen LogP contribution >= 0.6 is 12.6 Å². The molecular weight excluding hydrogens is 418 g/mol. The number of nitro benzene ring substituents is 2. The van der Waals surface area contributed by atoms with Gasteiger partial charge in [-0.2, -0.15) is 12.6 Å². The Morgan fingerprint density at radius 2 is 1.30 bits per heavy atom. The maximum atomic E-state index is 12.1. The average Bonchev–Trinajstić information content (AvgIpc) is 2.74. The van der Waals surface area contributed by atoms with Crippen LogP contribution in [-0.2, 0) is 27.5 Å². The summed E-state index contributed by atoms with van der Waals surface area (Å²) in [6, 6.07) is 9.85. The molecule has 0 saturated carbocycles. The second-order valence-corrected chi connectivity index (χ2v) is 6.28. The number of amides is 1. The van der Waals surface area contributed by atoms with Gasteiger partial charge < -0.3 is 14.8 Å². The van der Waals surface area contributed by atoms with E-state index in [0.29, 0.717) is 11.1 Å². The van der Waals surface area contributed by atoms with E-state index in [2.05, 4.69) is 17.9 Å². The van der Waals surface area contributed by atoms with Crippen LogP contribution in [0.25, 0.3) is 0 Å². The monoisotopic (exact) mass is 435 g/mol. The van der Waals surface area contributed by atoms with Gasteiger partial charge in [0.15, 0.2) is 0 Å². The van der Waals surface area contributed by atoms with Gasteiger partial charge in [-0.15, -0.1) is 0 Å². The molecule has 0 aliphatic heterocycles. The first-order chi connectivity index (χ1) is 14.3. The Morgan fingerprint density at radius 1 is 0.867 bits per heavy atom. The first-order valence-electron chi connectivity index (χ1n) is 8.47. The minimum absolute atomic E-state index is 0.0499. The topological polar surface area (TPSA) is 151 Å². The minimum atomic E-state index is -1.07. The van der Waals surface area contributed by atoms with Gasteiger partial charge in [0, 0.05) is 30.0 Å². The maximum Gasteiger partial charge on any atom is 0.408 e. The summed E-state index contributed by atoms with van der Waals surface area (Å²) in [5, 5.41) is 23.6. The third-order valence-corrected chi connectivity index (χ3v) is 4.17. The summed E-state index contributed by atoms with van der Waals surface area (Å²) in [6.45, 7) is -0.290. The highest BCUT2D eigenvalue weighted by Gasteiger charge is 2.22. The van der Waals surface area contributed by atoms with Crippen LogP contribution < -0.4 is 5.32 Å². The summed E-state index contributed by atoms with van der Waals surface area (Å²) < 4.78 is 10.1. The second kappa shape index (κ2) is 10.8. The number of rotatable bonds is 9. The van der Waals surface area contributed by atoms with Crippen LogP contribution in [0.1, 0.15) is 11.1 Å². The third kappa shape index (κ3) is 6.74. The molecule has 1 atom stereocenters. The molecule has 0 unspecified atom stereocenters. The van der Waals surface area contributed by atoms with Crippen LogP contribution in [0.15, 0.2) is 48.5 Å². The van der Waals surface area contributed by atoms with Crippen molar-refractivity contribution in [3.05, 3.63) is 79.9 Å². The SMILES string of the molecule is O=C(N[C@H](CS)C(=O)OCc1ccc([N+](=O)[O-])cc1)OCc1ccc([N+](=O)[O-])cc1. The summed E-state index contributed by atoms with van der Waals surface area (Å²) in [4.78, 5) is 44.2. The quantitative estimate of drug-likeness (QED) is 0.264. The van der Waals surface area contributed by atoms with E-state index in [1.54, 1.807) is 0 Å². The number of nitro groups is 2. The Kier molecular flexibility index (Phi) is 8.11. The molecule has 11 nitrogen and oxygen atoms in total. The second-order valence-electron chi connectivity index (χ2n) is 5.91. The molecule has 2 rings (SSSR count). The van der Waals surface area contributed by atoms with Gasteiger partial charge in [-0.05, 0) is 35.4 Å². The standard InChI is InChI=1S/C18H17N3O8S/c22-17(28-9-12-1-5-14(6-2-12)20(24)25)16(11-30)19-18(23)29-10-13-3-7-15(8-4-13)21(26)27/h1-8,16,30H,9-11H2,(H,19,23)/t16-/m1/s1. The molecule has 0 spiro atoms. The van der Waals surface area contributed by atoms with Crippen molar-refractivity contribution >= 4 is 36.1 Å². The Bertz CT molecular complexity index is 918. The van der Waals surface area contributed by atoms with Gasteiger partial charge in [0.2, 0.25) is 0 Å². The Balaban J connectivity index is 1.81. The van der Waals surface area contributed by atoms with Crippen molar-refractivity contribution in [3.63, 3.8) is 0 Å². The maximum absolute atomic E-state index is 12.1. The zero-order chi connectivity index (χ0) is 22.1. The van der Waals surface area contributed by atoms with Crippen molar-refractivity contribution < 1.29 is 28.9 Å². The van der Waals surface area contributed by atoms with E-state index in [1.165, 1.54) is 48.5 Å². The number of benzene rings is 2. The van der Waals surface area contributed by atoms with Gasteiger partial charge in [0.05, 0.1) is 9.85 Å². The Hall–Kier alpha value is -3.67. The number of non-ortho nitro benzene ring substituents is 2. The number of hydrogen-bond acceptors (Lipinski definition) is 9. The molecule has 1 amide bonds. The number of carbonyl (C=O) groups excluding carboxylic acids is 2. The highest BCUT2D eigenvalue weighted by atomic mass is 32.1. The number of hydrogen-bond donors (Lipinski definition) is 2. The lowest BCUT2D eigenvalue weighted by Crippen LogP contribution is -2.43. The van der Waals surface area contributed by atoms with Crippen LogP contribution in [0.2, 0.25) is 0 Å². The van der Waals surface area contributed by atoms with Crippen molar-refractivity contribution in [3.8, 4) is 0 Å². The van der Waals surface area contributed by atoms with E-state index in [1.807, 2.05) is 0 Å². The lowest BCUT2D eigenvalue weighted by molar-refractivity contribution is -0.385. The van der Waals surface area contributed by atoms with E-state index in [4.69, 9.17) is 9.47 Å². The van der Waals surface area contributed by atoms with Crippen molar-refractivity contribution in [1.29, 1.82) is 0 Å². The van der Waals surface area contributed by atoms with Crippen LogP contribution in [0, 0.1) is 20.2 Å². The summed E-state index contributed by atoms with van der Waals surface area (Å²) in [5.41, 5.74) is 0.886. The number of thiol groups is 1. The average molecular weight is 435 g/mol. The lowest BCUT2D eigenvalue weighted by atomic mass is 10.2. The molecule has 0 heterocycles. The fourth-order valence-corrected chi connectivity index (χ4v) is 2.44. The van der Waals surface area contributed by atoms with Crippen molar-refractivity contribution in [2.75, 3.05) is 5.75 Å². The van der Waals surface area contributed by atoms with Crippen LogP contribution in [0.3, 0.4) is 0 Å². The highest BCUT2D eigenvalue weighted by molar-refractivity contribution is 7.80. The smallest absolute Gasteiger partial charge is 0.408 e. The van der Waals surface area contributed by atoms with Gasteiger partial charge in [-0.1, -0.05) is 0 Å². The number of alkyl carbamates (subject to hydrolysis) is 1. The number of ether oxygens (including phenoxy) is 2. The molecule has 0 radical (unpaired) electrons. The first kappa shape index (κ1) is 22.6. The number of nitrogens with zero attached hydrogens (tertiary/aromatic N) is 2. The molecule has 30 heavy (non-hydrogen) atoms. The van der Waals surface area contributed by atoms with Crippen LogP contribution in [0.4, 0.5) is 16.2 Å². The molecule has 0 aliphatic rings. The first-order valence-corrected chi connectivity index (χ1v) is 9.11. The summed E-state index contributed by atoms with van der Waals surface area (Å²) in [6.07, 6.45) is -0.889. The molecule has 1 N–H and O–H groups in total. The van der Waals surface area contributed by atoms with Crippen molar-refractivity contribution in [1.82, 2.24) is 5.32 Å². The van der Waals surface area contributed by atoms with Crippen LogP contribution in [0.5, 0.6) is 0 Å². The molecular formula is C18H17N3O8S. The van der Waals surface area contributed by atoms with Gasteiger partial charge in [0.1, 0.15) is 19.3 Å². The lowest BCUT2D eigenvalue weighted by Gasteiger charge is -2.15. The van der Waals surface area contributed by atoms with Gasteiger partial charge in [-0.25, -0.2) is 9.59 Å². The fraction of sp³-hybridized carbons (Fsp3) is 0.222. The van der Waals surface area contributed by atoms with Gasteiger partial charge in [0.25, 0.3) is 11.4 Å². The van der Waals surface area contributed by atoms with E-state index < -0.39 is 28.0 Å². The summed E-state index contributed by atoms with van der Waals surface area (Å²) in [5.74, 6) is -0.804. The largest absolute Gasteiger partial charge is 0.459 e. The van der Waals surface area contributed by atoms with Crippen molar-refractivity contribution in [2.45, 2.75) is 19.3 Å². The normalized spacial score (nSPS) is 11.2. The molecule has 158 valence electrons. The van der Waals surface area contributed by atoms with E-state index in [9.17, 15) is 29.8 Å². The molecule has 2 aromatic carbocycles. The molecule has 2 aromatic rings. The number of nitrogens with one attached hydrogen (secondary N) is 1. The fourth-order valence-electron chi connectivity index (χ4n) is 2.19. The number of carbonyl (C=O) groups is 2. The predicted octanol–water partition coefficient (Wildman–Crippen LogP) is 2.77. The van der Waals surface area contributed by atoms with E-state index in [0.717, 1.165) is 0 Å². The van der Waals surface area contributed by atoms with Gasteiger partial charge >= 0.3 is 12.1 Å². The molecule has 12 heteroatoms. The van der Waals surface area contributed by atoms with E-state index >= 15 is 0 Å². The van der Waals surface area contributed by atoms with Gasteiger partial charge in [-0.3, -0.25) is 20.2 Å². The molecule has 0 bridgehead atoms. The zero-order valence-corrected chi connectivity index (χ0v) is 16.3. The van der Waals surface area contributed by atoms with Crippen LogP contribution in [-0.4, -0.2) is 33.7 Å². The van der Waals surface area contributed by atoms with E-state index in [-0.39, 0.29) is 30.3 Å². The summed E-state index contributed by atoms with van der Waals surface area (Å²) in [7, 11) is 0.